The van der Waals surface area contributed by atoms with Gasteiger partial charge in [0, 0.05) is 5.56 Å². The third kappa shape index (κ3) is 3.26. The van der Waals surface area contributed by atoms with E-state index >= 15 is 0 Å². The highest BCUT2D eigenvalue weighted by atomic mass is 79.9. The molecular weight excluding hydrogens is 345 g/mol. The summed E-state index contributed by atoms with van der Waals surface area (Å²) in [6.07, 6.45) is 0. The van der Waals surface area contributed by atoms with Crippen molar-refractivity contribution in [3.8, 4) is 17.2 Å². The van der Waals surface area contributed by atoms with E-state index in [0.717, 1.165) is 0 Å². The number of thiocarbonyl (C=S) groups is 1. The molecular formula is C14H11BrFNO2S. The zero-order chi connectivity index (χ0) is 14.7. The van der Waals surface area contributed by atoms with Crippen LogP contribution in [-0.2, 0) is 0 Å². The first kappa shape index (κ1) is 14.7. The molecule has 2 aromatic rings. The van der Waals surface area contributed by atoms with Gasteiger partial charge in [0.15, 0.2) is 11.6 Å². The molecule has 3 nitrogen and oxygen atoms in total. The molecule has 20 heavy (non-hydrogen) atoms. The molecule has 0 aromatic heterocycles. The fourth-order valence-electron chi connectivity index (χ4n) is 1.55. The van der Waals surface area contributed by atoms with Crippen molar-refractivity contribution in [3.05, 3.63) is 52.3 Å². The lowest BCUT2D eigenvalue weighted by Gasteiger charge is -2.10. The molecule has 0 fully saturated rings. The van der Waals surface area contributed by atoms with Crippen molar-refractivity contribution in [2.75, 3.05) is 7.11 Å². The highest BCUT2D eigenvalue weighted by Gasteiger charge is 2.10. The first-order valence-electron chi connectivity index (χ1n) is 5.62. The molecule has 2 N–H and O–H groups in total. The fourth-order valence-corrected chi connectivity index (χ4v) is 2.11. The highest BCUT2D eigenvalue weighted by Crippen LogP contribution is 2.33. The van der Waals surface area contributed by atoms with Gasteiger partial charge in [-0.3, -0.25) is 0 Å². The van der Waals surface area contributed by atoms with Gasteiger partial charge in [0.1, 0.15) is 16.5 Å². The number of methoxy groups -OCH3 is 1. The van der Waals surface area contributed by atoms with E-state index in [1.54, 1.807) is 31.4 Å². The van der Waals surface area contributed by atoms with Crippen LogP contribution in [0.15, 0.2) is 40.9 Å². The van der Waals surface area contributed by atoms with Gasteiger partial charge >= 0.3 is 0 Å². The average molecular weight is 356 g/mol. The second-order valence-corrected chi connectivity index (χ2v) is 5.20. The van der Waals surface area contributed by atoms with Crippen molar-refractivity contribution in [1.82, 2.24) is 0 Å². The maximum atomic E-state index is 13.9. The molecule has 0 amide bonds. The van der Waals surface area contributed by atoms with Crippen molar-refractivity contribution in [3.63, 3.8) is 0 Å². The van der Waals surface area contributed by atoms with Gasteiger partial charge < -0.3 is 15.2 Å². The Morgan fingerprint density at radius 3 is 2.45 bits per heavy atom. The van der Waals surface area contributed by atoms with E-state index in [4.69, 9.17) is 27.4 Å². The third-order valence-electron chi connectivity index (χ3n) is 2.58. The molecule has 0 saturated heterocycles. The van der Waals surface area contributed by atoms with Crippen LogP contribution in [0.25, 0.3) is 0 Å². The first-order chi connectivity index (χ1) is 9.51. The van der Waals surface area contributed by atoms with Crippen LogP contribution < -0.4 is 15.2 Å². The van der Waals surface area contributed by atoms with Gasteiger partial charge in [-0.05, 0) is 52.3 Å². The zero-order valence-corrected chi connectivity index (χ0v) is 12.9. The minimum atomic E-state index is -0.530. The molecule has 0 spiro atoms. The minimum Gasteiger partial charge on any atom is -0.497 e. The summed E-state index contributed by atoms with van der Waals surface area (Å²) in [5.74, 6) is 0.718. The van der Waals surface area contributed by atoms with E-state index in [1.807, 2.05) is 0 Å². The maximum absolute atomic E-state index is 13.9. The van der Waals surface area contributed by atoms with Gasteiger partial charge in [-0.25, -0.2) is 4.39 Å². The minimum absolute atomic E-state index is 0.0934. The predicted molar refractivity (Wildman–Crippen MR) is 83.1 cm³/mol. The molecule has 6 heteroatoms. The van der Waals surface area contributed by atoms with Crippen LogP contribution in [-0.4, -0.2) is 12.1 Å². The molecule has 0 aliphatic rings. The highest BCUT2D eigenvalue weighted by molar-refractivity contribution is 9.10. The smallest absolute Gasteiger partial charge is 0.166 e. The molecule has 2 rings (SSSR count). The van der Waals surface area contributed by atoms with Gasteiger partial charge in [0.05, 0.1) is 11.6 Å². The molecule has 0 aliphatic heterocycles. The lowest BCUT2D eigenvalue weighted by molar-refractivity contribution is 0.410. The van der Waals surface area contributed by atoms with E-state index in [9.17, 15) is 4.39 Å². The Kier molecular flexibility index (Phi) is 4.57. The van der Waals surface area contributed by atoms with Crippen LogP contribution in [0.3, 0.4) is 0 Å². The quantitative estimate of drug-likeness (QED) is 0.841. The van der Waals surface area contributed by atoms with E-state index in [-0.39, 0.29) is 10.7 Å². The van der Waals surface area contributed by atoms with Crippen molar-refractivity contribution < 1.29 is 13.9 Å². The van der Waals surface area contributed by atoms with E-state index in [1.165, 1.54) is 12.1 Å². The summed E-state index contributed by atoms with van der Waals surface area (Å²) in [4.78, 5) is 0.140. The van der Waals surface area contributed by atoms with Gasteiger partial charge in [0.2, 0.25) is 0 Å². The van der Waals surface area contributed by atoms with Crippen LogP contribution in [0.1, 0.15) is 5.56 Å². The van der Waals surface area contributed by atoms with E-state index in [2.05, 4.69) is 15.9 Å². The van der Waals surface area contributed by atoms with Crippen LogP contribution >= 0.6 is 28.1 Å². The SMILES string of the molecule is COc1ccc(Oc2ccc(C(N)=S)cc2F)c(Br)c1. The predicted octanol–water partition coefficient (Wildman–Crippen LogP) is 4.02. The fraction of sp³-hybridized carbons (Fsp3) is 0.0714. The monoisotopic (exact) mass is 355 g/mol. The second kappa shape index (κ2) is 6.19. The number of hydrogen-bond acceptors (Lipinski definition) is 3. The summed E-state index contributed by atoms with van der Waals surface area (Å²) in [5.41, 5.74) is 5.90. The summed E-state index contributed by atoms with van der Waals surface area (Å²) in [7, 11) is 1.57. The zero-order valence-electron chi connectivity index (χ0n) is 10.5. The number of nitrogens with two attached hydrogens (primary N) is 1. The van der Waals surface area contributed by atoms with Crippen LogP contribution in [0.2, 0.25) is 0 Å². The normalized spacial score (nSPS) is 10.2. The summed E-state index contributed by atoms with van der Waals surface area (Å²) in [5, 5.41) is 0. The molecule has 0 aliphatic carbocycles. The van der Waals surface area contributed by atoms with Gasteiger partial charge in [0.25, 0.3) is 0 Å². The van der Waals surface area contributed by atoms with Crippen molar-refractivity contribution in [1.29, 1.82) is 0 Å². The average Bonchev–Trinajstić information content (AvgIpc) is 2.42. The van der Waals surface area contributed by atoms with Gasteiger partial charge in [-0.1, -0.05) is 12.2 Å². The Hall–Kier alpha value is -1.66. The molecule has 0 unspecified atom stereocenters. The maximum Gasteiger partial charge on any atom is 0.166 e. The van der Waals surface area contributed by atoms with Crippen molar-refractivity contribution in [2.24, 2.45) is 5.73 Å². The number of rotatable bonds is 4. The molecule has 104 valence electrons. The summed E-state index contributed by atoms with van der Waals surface area (Å²) in [6, 6.07) is 9.48. The molecule has 2 aromatic carbocycles. The number of ether oxygens (including phenoxy) is 2. The Labute approximate surface area is 129 Å². The van der Waals surface area contributed by atoms with Gasteiger partial charge in [-0.15, -0.1) is 0 Å². The van der Waals surface area contributed by atoms with Gasteiger partial charge in [-0.2, -0.15) is 0 Å². The van der Waals surface area contributed by atoms with Crippen molar-refractivity contribution >= 4 is 33.1 Å². The number of benzene rings is 2. The Balaban J connectivity index is 2.28. The molecule has 0 heterocycles. The Bertz CT molecular complexity index is 664. The molecule has 0 radical (unpaired) electrons. The molecule has 0 atom stereocenters. The van der Waals surface area contributed by atoms with E-state index < -0.39 is 5.82 Å². The lowest BCUT2D eigenvalue weighted by Crippen LogP contribution is -2.09. The number of hydrogen-bond donors (Lipinski definition) is 1. The standard InChI is InChI=1S/C14H11BrFNO2S/c1-18-9-3-5-12(10(15)7-9)19-13-4-2-8(14(17)20)6-11(13)16/h2-7H,1H3,(H2,17,20). The second-order valence-electron chi connectivity index (χ2n) is 3.91. The topological polar surface area (TPSA) is 44.5 Å². The summed E-state index contributed by atoms with van der Waals surface area (Å²) < 4.78 is 25.1. The van der Waals surface area contributed by atoms with Crippen LogP contribution in [0.4, 0.5) is 4.39 Å². The largest absolute Gasteiger partial charge is 0.497 e. The van der Waals surface area contributed by atoms with Crippen LogP contribution in [0.5, 0.6) is 17.2 Å². The third-order valence-corrected chi connectivity index (χ3v) is 3.43. The first-order valence-corrected chi connectivity index (χ1v) is 6.82. The molecule has 0 saturated carbocycles. The lowest BCUT2D eigenvalue weighted by atomic mass is 10.2. The molecule has 0 bridgehead atoms. The summed E-state index contributed by atoms with van der Waals surface area (Å²) in [6.45, 7) is 0. The van der Waals surface area contributed by atoms with Crippen molar-refractivity contribution in [2.45, 2.75) is 0 Å². The Morgan fingerprint density at radius 2 is 1.90 bits per heavy atom. The summed E-state index contributed by atoms with van der Waals surface area (Å²) >= 11 is 8.13. The van der Waals surface area contributed by atoms with E-state index in [0.29, 0.717) is 21.5 Å². The van der Waals surface area contributed by atoms with Crippen LogP contribution in [0, 0.1) is 5.82 Å². The number of halogens is 2. The Morgan fingerprint density at radius 1 is 1.20 bits per heavy atom.